The minimum Gasteiger partial charge on any atom is -0.399 e. The molecule has 2 aromatic rings. The summed E-state index contributed by atoms with van der Waals surface area (Å²) in [5.41, 5.74) is 9.43. The van der Waals surface area contributed by atoms with Crippen molar-refractivity contribution in [1.29, 1.82) is 0 Å². The van der Waals surface area contributed by atoms with E-state index in [-0.39, 0.29) is 5.41 Å². The number of nitrogen functional groups attached to an aromatic ring is 1. The third kappa shape index (κ3) is 2.50. The molecule has 0 atom stereocenters. The lowest BCUT2D eigenvalue weighted by molar-refractivity contribution is 0.553. The van der Waals surface area contributed by atoms with Gasteiger partial charge in [0.15, 0.2) is 0 Å². The molecular formula is C15H20N4S. The molecule has 2 N–H and O–H groups in total. The van der Waals surface area contributed by atoms with Gasteiger partial charge >= 0.3 is 0 Å². The molecule has 0 saturated carbocycles. The third-order valence-corrected chi connectivity index (χ3v) is 4.38. The number of anilines is 2. The summed E-state index contributed by atoms with van der Waals surface area (Å²) < 4.78 is 4.50. The minimum atomic E-state index is 0.00682. The molecule has 1 aromatic heterocycles. The van der Waals surface area contributed by atoms with Gasteiger partial charge in [-0.1, -0.05) is 26.8 Å². The lowest BCUT2D eigenvalue weighted by atomic mass is 9.96. The van der Waals surface area contributed by atoms with E-state index < -0.39 is 0 Å². The number of benzene rings is 1. The highest BCUT2D eigenvalue weighted by atomic mass is 32.1. The van der Waals surface area contributed by atoms with Crippen LogP contribution in [0, 0.1) is 0 Å². The smallest absolute Gasteiger partial charge is 0.205 e. The van der Waals surface area contributed by atoms with E-state index in [1.165, 1.54) is 22.7 Å². The van der Waals surface area contributed by atoms with Gasteiger partial charge in [0.25, 0.3) is 0 Å². The minimum absolute atomic E-state index is 0.00682. The second-order valence-corrected chi connectivity index (χ2v) is 7.08. The lowest BCUT2D eigenvalue weighted by Crippen LogP contribution is -2.30. The fourth-order valence-electron chi connectivity index (χ4n) is 2.39. The van der Waals surface area contributed by atoms with Crippen LogP contribution in [0.3, 0.4) is 0 Å². The van der Waals surface area contributed by atoms with Gasteiger partial charge in [-0.2, -0.15) is 4.37 Å². The Bertz CT molecular complexity index is 627. The summed E-state index contributed by atoms with van der Waals surface area (Å²) in [7, 11) is 0. The van der Waals surface area contributed by atoms with Crippen molar-refractivity contribution >= 4 is 22.4 Å². The average molecular weight is 288 g/mol. The summed E-state index contributed by atoms with van der Waals surface area (Å²) in [6, 6.07) is 6.20. The van der Waals surface area contributed by atoms with E-state index in [1.54, 1.807) is 0 Å². The molecule has 1 aliphatic rings. The molecule has 106 valence electrons. The number of aromatic nitrogens is 2. The number of hydrogen-bond donors (Lipinski definition) is 1. The first-order chi connectivity index (χ1) is 9.43. The molecule has 1 aromatic carbocycles. The molecule has 0 radical (unpaired) electrons. The summed E-state index contributed by atoms with van der Waals surface area (Å²) in [4.78, 5) is 7.00. The van der Waals surface area contributed by atoms with E-state index in [0.29, 0.717) is 0 Å². The number of nitrogens with zero attached hydrogens (tertiary/aromatic N) is 3. The molecule has 0 saturated heterocycles. The zero-order chi connectivity index (χ0) is 14.3. The van der Waals surface area contributed by atoms with Crippen LogP contribution in [0.15, 0.2) is 18.2 Å². The maximum atomic E-state index is 5.88. The van der Waals surface area contributed by atoms with Crippen molar-refractivity contribution < 1.29 is 0 Å². The van der Waals surface area contributed by atoms with Crippen molar-refractivity contribution in [2.45, 2.75) is 39.2 Å². The highest BCUT2D eigenvalue weighted by Crippen LogP contribution is 2.29. The summed E-state index contributed by atoms with van der Waals surface area (Å²) in [5, 5.41) is 1.02. The second kappa shape index (κ2) is 4.74. The van der Waals surface area contributed by atoms with Crippen molar-refractivity contribution in [2.75, 3.05) is 17.2 Å². The molecule has 0 aliphatic carbocycles. The van der Waals surface area contributed by atoms with Gasteiger partial charge in [0, 0.05) is 35.7 Å². The molecule has 0 fully saturated rings. The third-order valence-electron chi connectivity index (χ3n) is 3.60. The Morgan fingerprint density at radius 1 is 1.25 bits per heavy atom. The molecule has 0 spiro atoms. The highest BCUT2D eigenvalue weighted by molar-refractivity contribution is 7.09. The van der Waals surface area contributed by atoms with Gasteiger partial charge in [0.05, 0.1) is 0 Å². The molecule has 0 unspecified atom stereocenters. The summed E-state index contributed by atoms with van der Waals surface area (Å²) >= 11 is 1.50. The van der Waals surface area contributed by atoms with Gasteiger partial charge in [-0.05, 0) is 29.7 Å². The Kier molecular flexibility index (Phi) is 3.17. The van der Waals surface area contributed by atoms with Crippen molar-refractivity contribution in [2.24, 2.45) is 0 Å². The lowest BCUT2D eigenvalue weighted by Gasteiger charge is -2.28. The SMILES string of the molecule is CC(C)(C)c1nsc(N2CCc3ccc(N)cc3C2)n1. The number of rotatable bonds is 1. The quantitative estimate of drug-likeness (QED) is 0.820. The Labute approximate surface area is 123 Å². The van der Waals surface area contributed by atoms with Gasteiger partial charge < -0.3 is 10.6 Å². The second-order valence-electron chi connectivity index (χ2n) is 6.35. The molecule has 2 heterocycles. The maximum absolute atomic E-state index is 5.88. The van der Waals surface area contributed by atoms with E-state index in [1.807, 2.05) is 6.07 Å². The van der Waals surface area contributed by atoms with E-state index in [0.717, 1.165) is 36.2 Å². The van der Waals surface area contributed by atoms with Crippen molar-refractivity contribution in [3.63, 3.8) is 0 Å². The van der Waals surface area contributed by atoms with Crippen LogP contribution in [0.4, 0.5) is 10.8 Å². The van der Waals surface area contributed by atoms with Crippen molar-refractivity contribution in [3.8, 4) is 0 Å². The van der Waals surface area contributed by atoms with E-state index in [2.05, 4.69) is 42.2 Å². The predicted octanol–water partition coefficient (Wildman–Crippen LogP) is 2.98. The molecule has 4 nitrogen and oxygen atoms in total. The van der Waals surface area contributed by atoms with Gasteiger partial charge in [0.2, 0.25) is 5.13 Å². The van der Waals surface area contributed by atoms with Gasteiger partial charge in [-0.15, -0.1) is 0 Å². The van der Waals surface area contributed by atoms with Crippen LogP contribution in [-0.4, -0.2) is 15.9 Å². The normalized spacial score (nSPS) is 15.2. The largest absolute Gasteiger partial charge is 0.399 e. The van der Waals surface area contributed by atoms with Crippen LogP contribution in [0.2, 0.25) is 0 Å². The van der Waals surface area contributed by atoms with Crippen LogP contribution >= 0.6 is 11.5 Å². The zero-order valence-corrected chi connectivity index (χ0v) is 13.0. The summed E-state index contributed by atoms with van der Waals surface area (Å²) in [6.07, 6.45) is 1.04. The first kappa shape index (κ1) is 13.4. The fraction of sp³-hybridized carbons (Fsp3) is 0.467. The van der Waals surface area contributed by atoms with Crippen LogP contribution in [0.25, 0.3) is 0 Å². The van der Waals surface area contributed by atoms with Crippen molar-refractivity contribution in [1.82, 2.24) is 9.36 Å². The number of hydrogen-bond acceptors (Lipinski definition) is 5. The molecular weight excluding hydrogens is 268 g/mol. The molecule has 20 heavy (non-hydrogen) atoms. The molecule has 1 aliphatic heterocycles. The molecule has 3 rings (SSSR count). The Hall–Kier alpha value is -1.62. The standard InChI is InChI=1S/C15H20N4S/c1-15(2,3)13-17-14(20-18-13)19-7-6-10-4-5-12(16)8-11(10)9-19/h4-5,8H,6-7,9,16H2,1-3H3. The average Bonchev–Trinajstić information content (AvgIpc) is 2.87. The number of nitrogens with two attached hydrogens (primary N) is 1. The van der Waals surface area contributed by atoms with E-state index >= 15 is 0 Å². The Morgan fingerprint density at radius 3 is 2.75 bits per heavy atom. The van der Waals surface area contributed by atoms with Gasteiger partial charge in [-0.25, -0.2) is 4.98 Å². The van der Waals surface area contributed by atoms with Crippen LogP contribution in [0.5, 0.6) is 0 Å². The first-order valence-electron chi connectivity index (χ1n) is 6.90. The Morgan fingerprint density at radius 2 is 2.05 bits per heavy atom. The van der Waals surface area contributed by atoms with Crippen LogP contribution < -0.4 is 10.6 Å². The predicted molar refractivity (Wildman–Crippen MR) is 84.2 cm³/mol. The monoisotopic (exact) mass is 288 g/mol. The summed E-state index contributed by atoms with van der Waals surface area (Å²) in [5.74, 6) is 0.927. The molecule has 0 bridgehead atoms. The maximum Gasteiger partial charge on any atom is 0.205 e. The van der Waals surface area contributed by atoms with Gasteiger partial charge in [-0.3, -0.25) is 0 Å². The Balaban J connectivity index is 1.85. The molecule has 0 amide bonds. The topological polar surface area (TPSA) is 55.0 Å². The van der Waals surface area contributed by atoms with Gasteiger partial charge in [0.1, 0.15) is 5.82 Å². The van der Waals surface area contributed by atoms with E-state index in [4.69, 9.17) is 10.7 Å². The van der Waals surface area contributed by atoms with Crippen LogP contribution in [-0.2, 0) is 18.4 Å². The van der Waals surface area contributed by atoms with Crippen LogP contribution in [0.1, 0.15) is 37.7 Å². The van der Waals surface area contributed by atoms with Crippen molar-refractivity contribution in [3.05, 3.63) is 35.2 Å². The number of fused-ring (bicyclic) bond motifs is 1. The highest BCUT2D eigenvalue weighted by Gasteiger charge is 2.24. The molecule has 5 heteroatoms. The first-order valence-corrected chi connectivity index (χ1v) is 7.67. The summed E-state index contributed by atoms with van der Waals surface area (Å²) in [6.45, 7) is 8.30. The fourth-order valence-corrected chi connectivity index (χ4v) is 3.27. The zero-order valence-electron chi connectivity index (χ0n) is 12.2. The van der Waals surface area contributed by atoms with E-state index in [9.17, 15) is 0 Å².